The average molecular weight is 236 g/mol. The van der Waals surface area contributed by atoms with Gasteiger partial charge in [0.2, 0.25) is 0 Å². The lowest BCUT2D eigenvalue weighted by Crippen LogP contribution is -1.97. The lowest BCUT2D eigenvalue weighted by atomic mass is 10.1. The SMILES string of the molecule is O=C(O)C(=C=Cc1ccccc1)c1ccccc1. The molecule has 88 valence electrons. The Bertz CT molecular complexity index is 592. The third-order valence-electron chi connectivity index (χ3n) is 2.46. The second-order valence-electron chi connectivity index (χ2n) is 3.75. The fourth-order valence-corrected chi connectivity index (χ4v) is 1.58. The van der Waals surface area contributed by atoms with Crippen LogP contribution >= 0.6 is 0 Å². The van der Waals surface area contributed by atoms with Crippen molar-refractivity contribution in [2.75, 3.05) is 0 Å². The molecule has 0 radical (unpaired) electrons. The molecule has 0 heterocycles. The molecule has 0 aliphatic rings. The van der Waals surface area contributed by atoms with Crippen LogP contribution in [0.2, 0.25) is 0 Å². The van der Waals surface area contributed by atoms with Gasteiger partial charge in [0.25, 0.3) is 0 Å². The second kappa shape index (κ2) is 5.67. The van der Waals surface area contributed by atoms with E-state index in [2.05, 4.69) is 5.73 Å². The van der Waals surface area contributed by atoms with Crippen molar-refractivity contribution >= 4 is 17.6 Å². The van der Waals surface area contributed by atoms with E-state index in [4.69, 9.17) is 0 Å². The van der Waals surface area contributed by atoms with Gasteiger partial charge in [-0.3, -0.25) is 0 Å². The van der Waals surface area contributed by atoms with Gasteiger partial charge in [-0.05, 0) is 17.2 Å². The molecule has 0 amide bonds. The third kappa shape index (κ3) is 2.97. The van der Waals surface area contributed by atoms with E-state index in [-0.39, 0.29) is 5.57 Å². The van der Waals surface area contributed by atoms with Crippen molar-refractivity contribution in [2.24, 2.45) is 0 Å². The predicted octanol–water partition coefficient (Wildman–Crippen LogP) is 3.47. The Hall–Kier alpha value is -2.57. The van der Waals surface area contributed by atoms with E-state index < -0.39 is 5.97 Å². The average Bonchev–Trinajstić information content (AvgIpc) is 2.41. The van der Waals surface area contributed by atoms with E-state index in [1.165, 1.54) is 0 Å². The van der Waals surface area contributed by atoms with Crippen LogP contribution in [0.5, 0.6) is 0 Å². The van der Waals surface area contributed by atoms with Gasteiger partial charge < -0.3 is 5.11 Å². The zero-order valence-corrected chi connectivity index (χ0v) is 9.71. The molecule has 0 bridgehead atoms. The summed E-state index contributed by atoms with van der Waals surface area (Å²) >= 11 is 0. The van der Waals surface area contributed by atoms with Crippen molar-refractivity contribution in [1.82, 2.24) is 0 Å². The first-order chi connectivity index (χ1) is 8.77. The van der Waals surface area contributed by atoms with Gasteiger partial charge in [0.15, 0.2) is 0 Å². The number of aliphatic carboxylic acids is 1. The van der Waals surface area contributed by atoms with Crippen LogP contribution in [0.25, 0.3) is 11.6 Å². The highest BCUT2D eigenvalue weighted by Gasteiger charge is 2.07. The van der Waals surface area contributed by atoms with Gasteiger partial charge in [-0.15, -0.1) is 5.73 Å². The third-order valence-corrected chi connectivity index (χ3v) is 2.46. The van der Waals surface area contributed by atoms with E-state index >= 15 is 0 Å². The van der Waals surface area contributed by atoms with Crippen LogP contribution in [0.4, 0.5) is 0 Å². The Morgan fingerprint density at radius 1 is 0.944 bits per heavy atom. The number of rotatable bonds is 3. The molecular weight excluding hydrogens is 224 g/mol. The van der Waals surface area contributed by atoms with Crippen LogP contribution in [0.1, 0.15) is 11.1 Å². The van der Waals surface area contributed by atoms with E-state index in [9.17, 15) is 9.90 Å². The molecule has 0 saturated carbocycles. The van der Waals surface area contributed by atoms with Gasteiger partial charge in [-0.2, -0.15) is 0 Å². The molecule has 1 N–H and O–H groups in total. The largest absolute Gasteiger partial charge is 0.477 e. The molecule has 0 spiro atoms. The molecule has 18 heavy (non-hydrogen) atoms. The highest BCUT2D eigenvalue weighted by molar-refractivity contribution is 6.15. The van der Waals surface area contributed by atoms with E-state index in [0.29, 0.717) is 5.56 Å². The second-order valence-corrected chi connectivity index (χ2v) is 3.75. The smallest absolute Gasteiger partial charge is 0.344 e. The topological polar surface area (TPSA) is 37.3 Å². The number of benzene rings is 2. The highest BCUT2D eigenvalue weighted by atomic mass is 16.4. The molecule has 0 aliphatic heterocycles. The fraction of sp³-hybridized carbons (Fsp3) is 0. The minimum atomic E-state index is -0.978. The lowest BCUT2D eigenvalue weighted by Gasteiger charge is -1.98. The summed E-state index contributed by atoms with van der Waals surface area (Å²) in [6.45, 7) is 0. The van der Waals surface area contributed by atoms with Gasteiger partial charge in [0, 0.05) is 0 Å². The molecular formula is C16H12O2. The van der Waals surface area contributed by atoms with Crippen LogP contribution in [-0.4, -0.2) is 11.1 Å². The number of carbonyl (C=O) groups is 1. The number of carboxylic acid groups (broad SMARTS) is 1. The van der Waals surface area contributed by atoms with Gasteiger partial charge >= 0.3 is 5.97 Å². The number of hydrogen-bond acceptors (Lipinski definition) is 1. The van der Waals surface area contributed by atoms with E-state index in [1.54, 1.807) is 18.2 Å². The molecule has 0 saturated heterocycles. The molecule has 2 rings (SSSR count). The van der Waals surface area contributed by atoms with Crippen LogP contribution in [0.3, 0.4) is 0 Å². The summed E-state index contributed by atoms with van der Waals surface area (Å²) in [5.74, 6) is -0.978. The molecule has 0 aromatic heterocycles. The monoisotopic (exact) mass is 236 g/mol. The highest BCUT2D eigenvalue weighted by Crippen LogP contribution is 2.13. The fourth-order valence-electron chi connectivity index (χ4n) is 1.58. The maximum absolute atomic E-state index is 11.2. The van der Waals surface area contributed by atoms with Crippen molar-refractivity contribution < 1.29 is 9.90 Å². The molecule has 2 aromatic rings. The summed E-state index contributed by atoms with van der Waals surface area (Å²) < 4.78 is 0. The summed E-state index contributed by atoms with van der Waals surface area (Å²) in [6.07, 6.45) is 1.68. The van der Waals surface area contributed by atoms with Crippen LogP contribution in [0.15, 0.2) is 66.4 Å². The van der Waals surface area contributed by atoms with Crippen molar-refractivity contribution in [2.45, 2.75) is 0 Å². The molecule has 0 fully saturated rings. The first-order valence-corrected chi connectivity index (χ1v) is 5.58. The first kappa shape index (κ1) is 11.9. The van der Waals surface area contributed by atoms with E-state index in [1.807, 2.05) is 48.5 Å². The zero-order valence-electron chi connectivity index (χ0n) is 9.71. The Kier molecular flexibility index (Phi) is 3.75. The Balaban J connectivity index is 2.44. The molecule has 0 unspecified atom stereocenters. The minimum absolute atomic E-state index is 0.166. The van der Waals surface area contributed by atoms with Crippen molar-refractivity contribution in [3.8, 4) is 0 Å². The summed E-state index contributed by atoms with van der Waals surface area (Å²) in [6, 6.07) is 18.5. The van der Waals surface area contributed by atoms with Crippen LogP contribution in [-0.2, 0) is 4.79 Å². The summed E-state index contributed by atoms with van der Waals surface area (Å²) in [7, 11) is 0. The van der Waals surface area contributed by atoms with Crippen molar-refractivity contribution in [3.63, 3.8) is 0 Å². The quantitative estimate of drug-likeness (QED) is 0.654. The normalized spacial score (nSPS) is 9.33. The minimum Gasteiger partial charge on any atom is -0.477 e. The number of hydrogen-bond donors (Lipinski definition) is 1. The molecule has 2 aromatic carbocycles. The summed E-state index contributed by atoms with van der Waals surface area (Å²) in [5.41, 5.74) is 4.58. The Labute approximate surface area is 106 Å². The molecule has 0 aliphatic carbocycles. The maximum Gasteiger partial charge on any atom is 0.344 e. The predicted molar refractivity (Wildman–Crippen MR) is 71.9 cm³/mol. The van der Waals surface area contributed by atoms with E-state index in [0.717, 1.165) is 5.56 Å². The Morgan fingerprint density at radius 3 is 2.06 bits per heavy atom. The van der Waals surface area contributed by atoms with Gasteiger partial charge in [0.05, 0.1) is 0 Å². The lowest BCUT2D eigenvalue weighted by molar-refractivity contribution is -0.130. The maximum atomic E-state index is 11.2. The van der Waals surface area contributed by atoms with Crippen molar-refractivity contribution in [1.29, 1.82) is 0 Å². The molecule has 2 heteroatoms. The molecule has 2 nitrogen and oxygen atoms in total. The summed E-state index contributed by atoms with van der Waals surface area (Å²) in [4.78, 5) is 11.2. The first-order valence-electron chi connectivity index (χ1n) is 5.58. The standard InChI is InChI=1S/C16H12O2/c17-16(18)15(14-9-5-2-6-10-14)12-11-13-7-3-1-4-8-13/h1-11H,(H,17,18). The van der Waals surface area contributed by atoms with Crippen molar-refractivity contribution in [3.05, 3.63) is 77.5 Å². The van der Waals surface area contributed by atoms with Gasteiger partial charge in [0.1, 0.15) is 5.57 Å². The Morgan fingerprint density at radius 2 is 1.50 bits per heavy atom. The molecule has 0 atom stereocenters. The van der Waals surface area contributed by atoms with Gasteiger partial charge in [-0.25, -0.2) is 4.79 Å². The van der Waals surface area contributed by atoms with Crippen LogP contribution < -0.4 is 0 Å². The van der Waals surface area contributed by atoms with Gasteiger partial charge in [-0.1, -0.05) is 60.7 Å². The zero-order chi connectivity index (χ0) is 12.8. The number of carboxylic acids is 1. The summed E-state index contributed by atoms with van der Waals surface area (Å²) in [5, 5.41) is 9.19. The van der Waals surface area contributed by atoms with Crippen LogP contribution in [0, 0.1) is 0 Å².